The number of carbonyl (C=O) groups excluding carboxylic acids is 1. The van der Waals surface area contributed by atoms with Crippen LogP contribution in [0, 0.1) is 0 Å². The quantitative estimate of drug-likeness (QED) is 0.289. The molecule has 10 heteroatoms. The van der Waals surface area contributed by atoms with Gasteiger partial charge in [-0.05, 0) is 74.9 Å². The maximum atomic E-state index is 12.8. The van der Waals surface area contributed by atoms with Crippen molar-refractivity contribution in [3.8, 4) is 28.4 Å². The van der Waals surface area contributed by atoms with E-state index < -0.39 is 18.4 Å². The average molecular weight is 524 g/mol. The van der Waals surface area contributed by atoms with Gasteiger partial charge in [0.25, 0.3) is 5.91 Å². The fraction of sp³-hybridized carbons (Fsp3) is 0.393. The molecule has 3 rings (SSSR count). The van der Waals surface area contributed by atoms with E-state index in [2.05, 4.69) is 54.6 Å². The maximum Gasteiger partial charge on any atom is 0.322 e. The summed E-state index contributed by atoms with van der Waals surface area (Å²) in [5.74, 6) is -0.484. The first-order valence-corrected chi connectivity index (χ1v) is 12.5. The summed E-state index contributed by atoms with van der Waals surface area (Å²) in [4.78, 5) is 26.0. The number of aliphatic carboxylic acids is 1. The monoisotopic (exact) mass is 523 g/mol. The minimum atomic E-state index is -1.14. The summed E-state index contributed by atoms with van der Waals surface area (Å²) in [6, 6.07) is 13.1. The highest BCUT2D eigenvalue weighted by atomic mass is 16.5. The average Bonchev–Trinajstić information content (AvgIpc) is 3.33. The van der Waals surface area contributed by atoms with E-state index in [0.717, 1.165) is 36.4 Å². The number of rotatable bonds is 13. The molecule has 0 aliphatic heterocycles. The van der Waals surface area contributed by atoms with E-state index in [1.807, 2.05) is 30.3 Å². The number of nitrogens with zero attached hydrogens (tertiary/aromatic N) is 3. The predicted molar refractivity (Wildman–Crippen MR) is 148 cm³/mol. The summed E-state index contributed by atoms with van der Waals surface area (Å²) in [5, 5.41) is 19.5. The number of carboxylic acid groups (broad SMARTS) is 1. The molecule has 1 heterocycles. The molecule has 0 atom stereocenters. The fourth-order valence-corrected chi connectivity index (χ4v) is 4.15. The number of hydrogen-bond acceptors (Lipinski definition) is 7. The molecule has 1 amide bonds. The molecule has 0 bridgehead atoms. The number of anilines is 1. The number of aromatic nitrogens is 2. The molecule has 1 aromatic heterocycles. The number of benzene rings is 2. The van der Waals surface area contributed by atoms with Gasteiger partial charge in [0.05, 0.1) is 31.2 Å². The van der Waals surface area contributed by atoms with Crippen molar-refractivity contribution in [1.82, 2.24) is 20.0 Å². The van der Waals surface area contributed by atoms with Crippen molar-refractivity contribution >= 4 is 17.6 Å². The summed E-state index contributed by atoms with van der Waals surface area (Å²) < 4.78 is 13.0. The van der Waals surface area contributed by atoms with E-state index in [9.17, 15) is 9.59 Å². The van der Waals surface area contributed by atoms with E-state index in [1.54, 1.807) is 25.0 Å². The zero-order chi connectivity index (χ0) is 27.8. The zero-order valence-corrected chi connectivity index (χ0v) is 22.9. The number of hydrogen-bond donors (Lipinski definition) is 3. The van der Waals surface area contributed by atoms with Gasteiger partial charge in [-0.2, -0.15) is 5.10 Å². The first-order valence-electron chi connectivity index (χ1n) is 12.5. The molecule has 0 saturated heterocycles. The van der Waals surface area contributed by atoms with Crippen molar-refractivity contribution in [2.75, 3.05) is 53.3 Å². The van der Waals surface area contributed by atoms with Crippen molar-refractivity contribution in [2.45, 2.75) is 26.2 Å². The molecule has 0 aliphatic rings. The number of carbonyl (C=O) groups is 2. The molecule has 38 heavy (non-hydrogen) atoms. The van der Waals surface area contributed by atoms with Gasteiger partial charge in [0.2, 0.25) is 0 Å². The number of ether oxygens (including phenoxy) is 2. The molecule has 0 unspecified atom stereocenters. The van der Waals surface area contributed by atoms with E-state index in [4.69, 9.17) is 14.6 Å². The Morgan fingerprint density at radius 1 is 1.08 bits per heavy atom. The molecule has 0 radical (unpaired) electrons. The Morgan fingerprint density at radius 3 is 2.34 bits per heavy atom. The van der Waals surface area contributed by atoms with E-state index in [-0.39, 0.29) is 11.6 Å². The van der Waals surface area contributed by atoms with Crippen LogP contribution in [0.1, 0.15) is 42.2 Å². The Morgan fingerprint density at radius 2 is 1.76 bits per heavy atom. The van der Waals surface area contributed by atoms with Crippen LogP contribution in [0.4, 0.5) is 5.69 Å². The van der Waals surface area contributed by atoms with E-state index in [0.29, 0.717) is 22.8 Å². The topological polar surface area (TPSA) is 118 Å². The summed E-state index contributed by atoms with van der Waals surface area (Å²) >= 11 is 0. The highest BCUT2D eigenvalue weighted by molar-refractivity contribution is 5.95. The van der Waals surface area contributed by atoms with Crippen molar-refractivity contribution in [3.05, 3.63) is 53.7 Å². The van der Waals surface area contributed by atoms with Gasteiger partial charge in [0, 0.05) is 12.2 Å². The summed E-state index contributed by atoms with van der Waals surface area (Å²) in [7, 11) is 7.24. The molecule has 0 saturated carbocycles. The Kier molecular flexibility index (Phi) is 9.72. The molecular weight excluding hydrogens is 486 g/mol. The first-order chi connectivity index (χ1) is 18.2. The molecular formula is C28H37N5O5. The van der Waals surface area contributed by atoms with Crippen LogP contribution >= 0.6 is 0 Å². The van der Waals surface area contributed by atoms with Crippen molar-refractivity contribution in [3.63, 3.8) is 0 Å². The smallest absolute Gasteiger partial charge is 0.322 e. The molecule has 10 nitrogen and oxygen atoms in total. The second-order valence-electron chi connectivity index (χ2n) is 9.45. The fourth-order valence-electron chi connectivity index (χ4n) is 4.15. The number of carboxylic acids is 1. The van der Waals surface area contributed by atoms with Gasteiger partial charge in [0.1, 0.15) is 18.0 Å². The van der Waals surface area contributed by atoms with E-state index in [1.165, 1.54) is 0 Å². The van der Waals surface area contributed by atoms with Gasteiger partial charge in [-0.1, -0.05) is 19.9 Å². The Balaban J connectivity index is 2.14. The number of amides is 1. The number of nitrogens with one attached hydrogen (secondary N) is 2. The van der Waals surface area contributed by atoms with Crippen molar-refractivity contribution < 1.29 is 24.2 Å². The standard InChI is InChI=1S/C28H37N5O5/c1-18(2)20-15-19(29-13-8-14-32(3)4)11-12-22(20)33-23(16-21(31-33)28(36)30-17-26(34)35)27-24(37-5)9-7-10-25(27)38-6/h7,9-12,15-16,18,29H,8,13-14,17H2,1-6H3,(H,30,36)(H,34,35). The lowest BCUT2D eigenvalue weighted by molar-refractivity contribution is -0.135. The number of methoxy groups -OCH3 is 2. The van der Waals surface area contributed by atoms with Crippen LogP contribution in [0.15, 0.2) is 42.5 Å². The Bertz CT molecular complexity index is 1250. The Hall–Kier alpha value is -4.05. The lowest BCUT2D eigenvalue weighted by Gasteiger charge is -2.19. The summed E-state index contributed by atoms with van der Waals surface area (Å²) in [5.41, 5.74) is 4.10. The normalized spacial score (nSPS) is 11.1. The molecule has 0 fully saturated rings. The molecule has 3 N–H and O–H groups in total. The minimum Gasteiger partial charge on any atom is -0.496 e. The van der Waals surface area contributed by atoms with Crippen molar-refractivity contribution in [1.29, 1.82) is 0 Å². The molecule has 0 aliphatic carbocycles. The van der Waals surface area contributed by atoms with Gasteiger partial charge in [0.15, 0.2) is 5.69 Å². The van der Waals surface area contributed by atoms with Crippen LogP contribution in [0.3, 0.4) is 0 Å². The summed E-state index contributed by atoms with van der Waals surface area (Å²) in [6.07, 6.45) is 1.01. The predicted octanol–water partition coefficient (Wildman–Crippen LogP) is 3.86. The second kappa shape index (κ2) is 13.0. The van der Waals surface area contributed by atoms with Crippen molar-refractivity contribution in [2.24, 2.45) is 0 Å². The van der Waals surface area contributed by atoms with Gasteiger partial charge in [-0.25, -0.2) is 4.68 Å². The SMILES string of the molecule is COc1cccc(OC)c1-c1cc(C(=O)NCC(=O)O)nn1-c1ccc(NCCCN(C)C)cc1C(C)C. The largest absolute Gasteiger partial charge is 0.496 e. The third-order valence-corrected chi connectivity index (χ3v) is 6.02. The first kappa shape index (κ1) is 28.5. The van der Waals surface area contributed by atoms with Crippen LogP contribution in [-0.4, -0.2) is 79.6 Å². The molecule has 0 spiro atoms. The van der Waals surface area contributed by atoms with Gasteiger partial charge in [-0.15, -0.1) is 0 Å². The van der Waals surface area contributed by atoms with Crippen LogP contribution in [0.2, 0.25) is 0 Å². The molecule has 3 aromatic rings. The lowest BCUT2D eigenvalue weighted by Crippen LogP contribution is -2.29. The van der Waals surface area contributed by atoms with Gasteiger partial charge < -0.3 is 30.1 Å². The highest BCUT2D eigenvalue weighted by Crippen LogP contribution is 2.40. The van der Waals surface area contributed by atoms with Crippen LogP contribution < -0.4 is 20.1 Å². The third kappa shape index (κ3) is 6.83. The zero-order valence-electron chi connectivity index (χ0n) is 22.9. The third-order valence-electron chi connectivity index (χ3n) is 6.02. The summed E-state index contributed by atoms with van der Waals surface area (Å²) in [6.45, 7) is 5.52. The Labute approximate surface area is 223 Å². The molecule has 2 aromatic carbocycles. The van der Waals surface area contributed by atoms with Gasteiger partial charge >= 0.3 is 5.97 Å². The lowest BCUT2D eigenvalue weighted by atomic mass is 9.99. The second-order valence-corrected chi connectivity index (χ2v) is 9.45. The van der Waals surface area contributed by atoms with Gasteiger partial charge in [-0.3, -0.25) is 9.59 Å². The van der Waals surface area contributed by atoms with Crippen LogP contribution in [0.25, 0.3) is 16.9 Å². The highest BCUT2D eigenvalue weighted by Gasteiger charge is 2.24. The van der Waals surface area contributed by atoms with Crippen LogP contribution in [-0.2, 0) is 4.79 Å². The maximum absolute atomic E-state index is 12.8. The molecule has 204 valence electrons. The van der Waals surface area contributed by atoms with Crippen LogP contribution in [0.5, 0.6) is 11.5 Å². The minimum absolute atomic E-state index is 0.0785. The van der Waals surface area contributed by atoms with E-state index >= 15 is 0 Å².